The fourth-order valence-electron chi connectivity index (χ4n) is 1.98. The van der Waals surface area contributed by atoms with Crippen LogP contribution in [0.25, 0.3) is 0 Å². The Balaban J connectivity index is 0.00000232. The second kappa shape index (κ2) is 9.05. The Labute approximate surface area is 133 Å². The fourth-order valence-corrected chi connectivity index (χ4v) is 1.98. The van der Waals surface area contributed by atoms with Crippen LogP contribution in [-0.2, 0) is 6.42 Å². The van der Waals surface area contributed by atoms with E-state index in [4.69, 9.17) is 5.73 Å². The zero-order chi connectivity index (χ0) is 18.3. The van der Waals surface area contributed by atoms with Crippen molar-refractivity contribution >= 4 is 0 Å². The molecule has 1 rings (SSSR count). The number of halogens is 5. The van der Waals surface area contributed by atoms with Crippen molar-refractivity contribution in [2.24, 2.45) is 5.73 Å². The van der Waals surface area contributed by atoms with Crippen LogP contribution < -0.4 is 10.5 Å². The molecule has 0 aromatic heterocycles. The monoisotopic (exact) mass is 341 g/mol. The molecule has 1 aromatic rings. The van der Waals surface area contributed by atoms with E-state index in [2.05, 4.69) is 4.74 Å². The number of nitrogens with two attached hydrogens (primary N) is 1. The van der Waals surface area contributed by atoms with Gasteiger partial charge in [0.1, 0.15) is 5.75 Å². The predicted octanol–water partition coefficient (Wildman–Crippen LogP) is 5.26. The van der Waals surface area contributed by atoms with Crippen molar-refractivity contribution < 1.29 is 26.7 Å². The molecule has 0 fully saturated rings. The number of aryl methyl sites for hydroxylation is 1. The zero-order valence-corrected chi connectivity index (χ0v) is 13.8. The summed E-state index contributed by atoms with van der Waals surface area (Å²) < 4.78 is 66.8. The van der Waals surface area contributed by atoms with Crippen LogP contribution in [0.3, 0.4) is 0 Å². The topological polar surface area (TPSA) is 35.2 Å². The van der Waals surface area contributed by atoms with Gasteiger partial charge in [0.05, 0.1) is 6.54 Å². The molecule has 2 N–H and O–H groups in total. The first-order valence-electron chi connectivity index (χ1n) is 7.50. The van der Waals surface area contributed by atoms with E-state index in [1.807, 2.05) is 27.7 Å². The molecule has 134 valence electrons. The van der Waals surface area contributed by atoms with Crippen LogP contribution >= 0.6 is 0 Å². The number of hydrogen-bond acceptors (Lipinski definition) is 2. The molecule has 0 amide bonds. The number of benzene rings is 1. The minimum atomic E-state index is -4.81. The highest BCUT2D eigenvalue weighted by Gasteiger charge is 2.31. The van der Waals surface area contributed by atoms with Crippen molar-refractivity contribution in [1.29, 1.82) is 0 Å². The third kappa shape index (κ3) is 8.16. The Morgan fingerprint density at radius 3 is 2.09 bits per heavy atom. The van der Waals surface area contributed by atoms with E-state index in [9.17, 15) is 22.0 Å². The number of alkyl halides is 5. The van der Waals surface area contributed by atoms with Crippen molar-refractivity contribution in [3.8, 4) is 5.75 Å². The van der Waals surface area contributed by atoms with Crippen LogP contribution in [0.4, 0.5) is 22.0 Å². The molecule has 0 saturated heterocycles. The first-order chi connectivity index (χ1) is 10.5. The second-order valence-electron chi connectivity index (χ2n) is 5.12. The molecule has 0 spiro atoms. The highest BCUT2D eigenvalue weighted by atomic mass is 19.4. The SMILES string of the molecule is CC.CC(C)c1ccc(OC(F)(F)F)cc1CCC(F)(F)CN. The average molecular weight is 341 g/mol. The average Bonchev–Trinajstić information content (AvgIpc) is 2.45. The largest absolute Gasteiger partial charge is 0.573 e. The fraction of sp³-hybridized carbons (Fsp3) is 0.625. The van der Waals surface area contributed by atoms with Crippen molar-refractivity contribution in [3.05, 3.63) is 29.3 Å². The number of rotatable bonds is 6. The molecule has 2 nitrogen and oxygen atoms in total. The summed E-state index contributed by atoms with van der Waals surface area (Å²) in [7, 11) is 0. The standard InChI is InChI=1S/C14H18F5NO.C2H6/c1-9(2)12-4-3-11(21-14(17,18)19)7-10(12)5-6-13(15,16)8-20;1-2/h3-4,7,9H,5-6,8,20H2,1-2H3;1-2H3. The van der Waals surface area contributed by atoms with Crippen LogP contribution in [0.5, 0.6) is 5.75 Å². The smallest absolute Gasteiger partial charge is 0.406 e. The van der Waals surface area contributed by atoms with E-state index in [-0.39, 0.29) is 12.3 Å². The molecule has 0 saturated carbocycles. The maximum atomic E-state index is 13.2. The summed E-state index contributed by atoms with van der Waals surface area (Å²) in [5.74, 6) is -3.43. The van der Waals surface area contributed by atoms with Gasteiger partial charge in [-0.2, -0.15) is 0 Å². The van der Waals surface area contributed by atoms with Crippen LogP contribution in [-0.4, -0.2) is 18.8 Å². The van der Waals surface area contributed by atoms with E-state index in [1.54, 1.807) is 0 Å². The maximum Gasteiger partial charge on any atom is 0.573 e. The van der Waals surface area contributed by atoms with Crippen molar-refractivity contribution in [2.75, 3.05) is 6.54 Å². The van der Waals surface area contributed by atoms with Crippen LogP contribution in [0.15, 0.2) is 18.2 Å². The summed E-state index contributed by atoms with van der Waals surface area (Å²) in [5.41, 5.74) is 6.09. The maximum absolute atomic E-state index is 13.2. The minimum Gasteiger partial charge on any atom is -0.406 e. The van der Waals surface area contributed by atoms with Crippen molar-refractivity contribution in [1.82, 2.24) is 0 Å². The molecular weight excluding hydrogens is 317 g/mol. The van der Waals surface area contributed by atoms with Gasteiger partial charge in [-0.05, 0) is 35.6 Å². The third-order valence-corrected chi connectivity index (χ3v) is 3.03. The van der Waals surface area contributed by atoms with Crippen LogP contribution in [0.1, 0.15) is 51.2 Å². The minimum absolute atomic E-state index is 0.00596. The molecule has 0 aliphatic rings. The first-order valence-corrected chi connectivity index (χ1v) is 7.50. The lowest BCUT2D eigenvalue weighted by atomic mass is 9.93. The normalized spacial score (nSPS) is 12.0. The highest BCUT2D eigenvalue weighted by molar-refractivity contribution is 5.37. The van der Waals surface area contributed by atoms with Gasteiger partial charge in [-0.15, -0.1) is 13.2 Å². The molecule has 0 radical (unpaired) electrons. The van der Waals surface area contributed by atoms with Gasteiger partial charge in [0.2, 0.25) is 0 Å². The predicted molar refractivity (Wildman–Crippen MR) is 80.9 cm³/mol. The summed E-state index contributed by atoms with van der Waals surface area (Å²) in [6, 6.07) is 3.82. The number of ether oxygens (including phenoxy) is 1. The highest BCUT2D eigenvalue weighted by Crippen LogP contribution is 2.30. The Morgan fingerprint density at radius 1 is 1.09 bits per heavy atom. The third-order valence-electron chi connectivity index (χ3n) is 3.03. The lowest BCUT2D eigenvalue weighted by Gasteiger charge is -2.18. The summed E-state index contributed by atoms with van der Waals surface area (Å²) >= 11 is 0. The van der Waals surface area contributed by atoms with Gasteiger partial charge < -0.3 is 10.5 Å². The molecule has 1 aromatic carbocycles. The molecule has 0 heterocycles. The van der Waals surface area contributed by atoms with Crippen molar-refractivity contribution in [3.63, 3.8) is 0 Å². The van der Waals surface area contributed by atoms with E-state index in [0.717, 1.165) is 11.6 Å². The molecular formula is C16H24F5NO. The summed E-state index contributed by atoms with van der Waals surface area (Å²) in [6.45, 7) is 6.89. The molecule has 23 heavy (non-hydrogen) atoms. The molecule has 0 aliphatic carbocycles. The molecule has 0 unspecified atom stereocenters. The van der Waals surface area contributed by atoms with E-state index < -0.39 is 31.0 Å². The lowest BCUT2D eigenvalue weighted by molar-refractivity contribution is -0.274. The quantitative estimate of drug-likeness (QED) is 0.716. The number of hydrogen-bond donors (Lipinski definition) is 1. The van der Waals surface area contributed by atoms with Crippen molar-refractivity contribution in [2.45, 2.75) is 58.7 Å². The molecule has 0 bridgehead atoms. The Morgan fingerprint density at radius 2 is 1.65 bits per heavy atom. The molecule has 0 atom stereocenters. The van der Waals surface area contributed by atoms with Gasteiger partial charge in [-0.25, -0.2) is 8.78 Å². The van der Waals surface area contributed by atoms with E-state index >= 15 is 0 Å². The summed E-state index contributed by atoms with van der Waals surface area (Å²) in [6.07, 6.45) is -5.39. The Kier molecular flexibility index (Phi) is 8.52. The van der Waals surface area contributed by atoms with Crippen LogP contribution in [0, 0.1) is 0 Å². The van der Waals surface area contributed by atoms with Gasteiger partial charge in [0, 0.05) is 6.42 Å². The summed E-state index contributed by atoms with van der Waals surface area (Å²) in [4.78, 5) is 0. The van der Waals surface area contributed by atoms with Gasteiger partial charge in [-0.3, -0.25) is 0 Å². The lowest BCUT2D eigenvalue weighted by Crippen LogP contribution is -2.28. The van der Waals surface area contributed by atoms with Gasteiger partial charge in [-0.1, -0.05) is 33.8 Å². The van der Waals surface area contributed by atoms with Gasteiger partial charge >= 0.3 is 6.36 Å². The van der Waals surface area contributed by atoms with Crippen LogP contribution in [0.2, 0.25) is 0 Å². The zero-order valence-electron chi connectivity index (χ0n) is 13.8. The molecule has 7 heteroatoms. The second-order valence-corrected chi connectivity index (χ2v) is 5.12. The Hall–Kier alpha value is -1.37. The van der Waals surface area contributed by atoms with E-state index in [1.165, 1.54) is 12.1 Å². The first kappa shape index (κ1) is 21.6. The summed E-state index contributed by atoms with van der Waals surface area (Å²) in [5, 5.41) is 0. The Bertz CT molecular complexity index is 472. The van der Waals surface area contributed by atoms with Gasteiger partial charge in [0.15, 0.2) is 0 Å². The van der Waals surface area contributed by atoms with Gasteiger partial charge in [0.25, 0.3) is 5.92 Å². The van der Waals surface area contributed by atoms with E-state index in [0.29, 0.717) is 5.56 Å². The molecule has 0 aliphatic heterocycles.